The molecule has 0 aliphatic rings. The molecule has 0 aliphatic carbocycles. The summed E-state index contributed by atoms with van der Waals surface area (Å²) in [5, 5.41) is 0. The summed E-state index contributed by atoms with van der Waals surface area (Å²) >= 11 is 0. The van der Waals surface area contributed by atoms with E-state index in [4.69, 9.17) is 16.2 Å². The van der Waals surface area contributed by atoms with Crippen LogP contribution in [0.25, 0.3) is 6.08 Å². The Kier molecular flexibility index (Phi) is 3.88. The quantitative estimate of drug-likeness (QED) is 0.763. The van der Waals surface area contributed by atoms with Crippen molar-refractivity contribution in [3.05, 3.63) is 35.4 Å². The normalized spacial score (nSPS) is 10.5. The van der Waals surface area contributed by atoms with E-state index in [0.717, 1.165) is 5.56 Å². The van der Waals surface area contributed by atoms with Gasteiger partial charge in [0.15, 0.2) is 0 Å². The minimum Gasteiger partial charge on any atom is -0.497 e. The zero-order valence-corrected chi connectivity index (χ0v) is 8.57. The number of primary amides is 1. The van der Waals surface area contributed by atoms with Gasteiger partial charge in [0.1, 0.15) is 5.75 Å². The van der Waals surface area contributed by atoms with Crippen LogP contribution < -0.4 is 16.2 Å². The van der Waals surface area contributed by atoms with Crippen LogP contribution in [-0.2, 0) is 0 Å². The smallest absolute Gasteiger partial charge is 0.249 e. The number of hydrogen-bond acceptors (Lipinski definition) is 3. The highest BCUT2D eigenvalue weighted by Gasteiger charge is 2.07. The molecule has 0 spiro atoms. The Labute approximate surface area is 88.5 Å². The van der Waals surface area contributed by atoms with E-state index in [1.54, 1.807) is 30.4 Å². The zero-order valence-electron chi connectivity index (χ0n) is 8.57. The molecule has 4 heteroatoms. The number of carbonyl (C=O) groups is 1. The van der Waals surface area contributed by atoms with Gasteiger partial charge in [-0.05, 0) is 17.7 Å². The predicted octanol–water partition coefficient (Wildman–Crippen LogP) is 0.766. The van der Waals surface area contributed by atoms with Crippen molar-refractivity contribution in [1.82, 2.24) is 0 Å². The van der Waals surface area contributed by atoms with Crippen LogP contribution in [0.1, 0.15) is 15.9 Å². The molecule has 0 bridgehead atoms. The molecule has 0 atom stereocenters. The first-order chi connectivity index (χ1) is 7.19. The van der Waals surface area contributed by atoms with Gasteiger partial charge in [0.25, 0.3) is 0 Å². The lowest BCUT2D eigenvalue weighted by molar-refractivity contribution is 0.1000. The van der Waals surface area contributed by atoms with Gasteiger partial charge in [0.05, 0.1) is 7.11 Å². The number of benzene rings is 1. The van der Waals surface area contributed by atoms with Crippen molar-refractivity contribution in [2.75, 3.05) is 13.7 Å². The van der Waals surface area contributed by atoms with Gasteiger partial charge in [0, 0.05) is 12.1 Å². The lowest BCUT2D eigenvalue weighted by Crippen LogP contribution is -2.12. The topological polar surface area (TPSA) is 78.3 Å². The lowest BCUT2D eigenvalue weighted by Gasteiger charge is -2.05. The molecule has 0 aliphatic heterocycles. The summed E-state index contributed by atoms with van der Waals surface area (Å²) in [5.74, 6) is 0.124. The molecule has 80 valence electrons. The Bertz CT molecular complexity index is 386. The summed E-state index contributed by atoms with van der Waals surface area (Å²) < 4.78 is 5.01. The average molecular weight is 206 g/mol. The molecule has 0 fully saturated rings. The Morgan fingerprint density at radius 3 is 2.80 bits per heavy atom. The fourth-order valence-corrected chi connectivity index (χ4v) is 1.22. The van der Waals surface area contributed by atoms with Crippen LogP contribution in [0.15, 0.2) is 24.3 Å². The molecule has 0 saturated carbocycles. The van der Waals surface area contributed by atoms with E-state index < -0.39 is 5.91 Å². The highest BCUT2D eigenvalue weighted by molar-refractivity contribution is 5.97. The molecule has 4 N–H and O–H groups in total. The summed E-state index contributed by atoms with van der Waals surface area (Å²) in [6.07, 6.45) is 3.52. The van der Waals surface area contributed by atoms with E-state index in [1.807, 2.05) is 0 Å². The molecule has 0 aromatic heterocycles. The molecular formula is C11H14N2O2. The minimum atomic E-state index is -0.481. The summed E-state index contributed by atoms with van der Waals surface area (Å²) in [7, 11) is 1.54. The largest absolute Gasteiger partial charge is 0.497 e. The summed E-state index contributed by atoms with van der Waals surface area (Å²) in [6.45, 7) is 0.421. The average Bonchev–Trinajstić information content (AvgIpc) is 2.26. The molecule has 1 rings (SSSR count). The van der Waals surface area contributed by atoms with E-state index in [9.17, 15) is 4.79 Å². The molecule has 1 amide bonds. The second-order valence-corrected chi connectivity index (χ2v) is 2.96. The monoisotopic (exact) mass is 206 g/mol. The Hall–Kier alpha value is -1.81. The van der Waals surface area contributed by atoms with Crippen LogP contribution >= 0.6 is 0 Å². The third-order valence-electron chi connectivity index (χ3n) is 1.96. The molecule has 0 saturated heterocycles. The van der Waals surface area contributed by atoms with Crippen molar-refractivity contribution in [2.45, 2.75) is 0 Å². The van der Waals surface area contributed by atoms with Crippen LogP contribution in [0.5, 0.6) is 5.75 Å². The second-order valence-electron chi connectivity index (χ2n) is 2.96. The van der Waals surface area contributed by atoms with Crippen molar-refractivity contribution >= 4 is 12.0 Å². The summed E-state index contributed by atoms with van der Waals surface area (Å²) in [4.78, 5) is 11.2. The Balaban J connectivity index is 3.15. The predicted molar refractivity (Wildman–Crippen MR) is 59.6 cm³/mol. The van der Waals surface area contributed by atoms with Gasteiger partial charge >= 0.3 is 0 Å². The maximum Gasteiger partial charge on any atom is 0.249 e. The van der Waals surface area contributed by atoms with Gasteiger partial charge in [-0.3, -0.25) is 4.79 Å². The Morgan fingerprint density at radius 1 is 1.53 bits per heavy atom. The van der Waals surface area contributed by atoms with E-state index in [2.05, 4.69) is 0 Å². The van der Waals surface area contributed by atoms with E-state index in [0.29, 0.717) is 17.9 Å². The number of rotatable bonds is 4. The number of carbonyl (C=O) groups excluding carboxylic acids is 1. The van der Waals surface area contributed by atoms with E-state index in [-0.39, 0.29) is 0 Å². The van der Waals surface area contributed by atoms with Gasteiger partial charge in [-0.25, -0.2) is 0 Å². The maximum atomic E-state index is 11.2. The van der Waals surface area contributed by atoms with E-state index >= 15 is 0 Å². The number of hydrogen-bond donors (Lipinski definition) is 2. The number of methoxy groups -OCH3 is 1. The van der Waals surface area contributed by atoms with Gasteiger partial charge in [-0.1, -0.05) is 18.2 Å². The molecular weight excluding hydrogens is 192 g/mol. The maximum absolute atomic E-state index is 11.2. The molecule has 4 nitrogen and oxygen atoms in total. The molecule has 0 unspecified atom stereocenters. The standard InChI is InChI=1S/C11H14N2O2/c1-15-9-5-4-8(3-2-6-12)10(7-9)11(13)14/h2-5,7H,6,12H2,1H3,(H2,13,14). The van der Waals surface area contributed by atoms with Gasteiger partial charge in [-0.2, -0.15) is 0 Å². The summed E-state index contributed by atoms with van der Waals surface area (Å²) in [6, 6.07) is 5.15. The molecule has 15 heavy (non-hydrogen) atoms. The van der Waals surface area contributed by atoms with Gasteiger partial charge < -0.3 is 16.2 Å². The van der Waals surface area contributed by atoms with Crippen molar-refractivity contribution in [3.8, 4) is 5.75 Å². The molecule has 0 heterocycles. The number of amides is 1. The molecule has 1 aromatic rings. The van der Waals surface area contributed by atoms with Gasteiger partial charge in [0.2, 0.25) is 5.91 Å². The summed E-state index contributed by atoms with van der Waals surface area (Å²) in [5.41, 5.74) is 11.8. The van der Waals surface area contributed by atoms with Crippen LogP contribution in [0, 0.1) is 0 Å². The third-order valence-corrected chi connectivity index (χ3v) is 1.96. The van der Waals surface area contributed by atoms with Crippen molar-refractivity contribution in [3.63, 3.8) is 0 Å². The highest BCUT2D eigenvalue weighted by Crippen LogP contribution is 2.18. The zero-order chi connectivity index (χ0) is 11.3. The van der Waals surface area contributed by atoms with Crippen LogP contribution in [-0.4, -0.2) is 19.6 Å². The van der Waals surface area contributed by atoms with Crippen LogP contribution in [0.4, 0.5) is 0 Å². The molecule has 1 aromatic carbocycles. The minimum absolute atomic E-state index is 0.421. The highest BCUT2D eigenvalue weighted by atomic mass is 16.5. The van der Waals surface area contributed by atoms with E-state index in [1.165, 1.54) is 7.11 Å². The fourth-order valence-electron chi connectivity index (χ4n) is 1.22. The van der Waals surface area contributed by atoms with Crippen molar-refractivity contribution in [1.29, 1.82) is 0 Å². The lowest BCUT2D eigenvalue weighted by atomic mass is 10.1. The number of nitrogens with two attached hydrogens (primary N) is 2. The van der Waals surface area contributed by atoms with Crippen LogP contribution in [0.3, 0.4) is 0 Å². The fraction of sp³-hybridized carbons (Fsp3) is 0.182. The first kappa shape index (κ1) is 11.3. The van der Waals surface area contributed by atoms with Crippen molar-refractivity contribution < 1.29 is 9.53 Å². The van der Waals surface area contributed by atoms with Gasteiger partial charge in [-0.15, -0.1) is 0 Å². The third kappa shape index (κ3) is 2.82. The number of ether oxygens (including phenoxy) is 1. The second kappa shape index (κ2) is 5.17. The SMILES string of the molecule is COc1ccc(C=CCN)c(C(N)=O)c1. The molecule has 0 radical (unpaired) electrons. The first-order valence-electron chi connectivity index (χ1n) is 4.53. The van der Waals surface area contributed by atoms with Crippen molar-refractivity contribution in [2.24, 2.45) is 11.5 Å². The Morgan fingerprint density at radius 2 is 2.27 bits per heavy atom. The first-order valence-corrected chi connectivity index (χ1v) is 4.53. The van der Waals surface area contributed by atoms with Crippen LogP contribution in [0.2, 0.25) is 0 Å².